The van der Waals surface area contributed by atoms with E-state index < -0.39 is 6.09 Å². The minimum Gasteiger partial charge on any atom is -0.465 e. The van der Waals surface area contributed by atoms with E-state index in [0.717, 1.165) is 19.0 Å². The van der Waals surface area contributed by atoms with Crippen LogP contribution in [0.25, 0.3) is 0 Å². The van der Waals surface area contributed by atoms with Crippen molar-refractivity contribution in [3.8, 4) is 0 Å². The van der Waals surface area contributed by atoms with Crippen LogP contribution < -0.4 is 5.32 Å². The first-order valence-electron chi connectivity index (χ1n) is 4.72. The SMILES string of the molecule is CC(C)C.O=C(O)N1CCNCC1. The molecule has 0 aliphatic carbocycles. The van der Waals surface area contributed by atoms with E-state index in [9.17, 15) is 4.79 Å². The van der Waals surface area contributed by atoms with Gasteiger partial charge >= 0.3 is 6.09 Å². The highest BCUT2D eigenvalue weighted by Crippen LogP contribution is 1.90. The van der Waals surface area contributed by atoms with Crippen molar-refractivity contribution in [3.05, 3.63) is 0 Å². The molecule has 1 rings (SSSR count). The summed E-state index contributed by atoms with van der Waals surface area (Å²) in [6.07, 6.45) is -0.809. The zero-order valence-corrected chi connectivity index (χ0v) is 8.71. The van der Waals surface area contributed by atoms with Crippen LogP contribution in [0.1, 0.15) is 20.8 Å². The zero-order valence-electron chi connectivity index (χ0n) is 8.71. The van der Waals surface area contributed by atoms with Crippen LogP contribution in [-0.2, 0) is 0 Å². The first kappa shape index (κ1) is 12.2. The molecule has 1 saturated heterocycles. The fraction of sp³-hybridized carbons (Fsp3) is 0.889. The second-order valence-electron chi connectivity index (χ2n) is 3.75. The fourth-order valence-electron chi connectivity index (χ4n) is 0.856. The first-order valence-corrected chi connectivity index (χ1v) is 4.72. The zero-order chi connectivity index (χ0) is 10.3. The van der Waals surface area contributed by atoms with Crippen molar-refractivity contribution in [2.45, 2.75) is 20.8 Å². The second kappa shape index (κ2) is 6.71. The van der Waals surface area contributed by atoms with Crippen LogP contribution in [0.3, 0.4) is 0 Å². The van der Waals surface area contributed by atoms with E-state index in [1.54, 1.807) is 0 Å². The predicted octanol–water partition coefficient (Wildman–Crippen LogP) is 1.23. The summed E-state index contributed by atoms with van der Waals surface area (Å²) < 4.78 is 0. The summed E-state index contributed by atoms with van der Waals surface area (Å²) in [4.78, 5) is 11.7. The molecule has 4 nitrogen and oxygen atoms in total. The third-order valence-corrected chi connectivity index (χ3v) is 1.39. The van der Waals surface area contributed by atoms with Crippen molar-refractivity contribution in [1.82, 2.24) is 10.2 Å². The molecule has 1 aliphatic heterocycles. The highest BCUT2D eigenvalue weighted by atomic mass is 16.4. The van der Waals surface area contributed by atoms with Crippen LogP contribution >= 0.6 is 0 Å². The molecule has 1 amide bonds. The van der Waals surface area contributed by atoms with E-state index in [1.165, 1.54) is 4.90 Å². The summed E-state index contributed by atoms with van der Waals surface area (Å²) in [6, 6.07) is 0. The number of amides is 1. The van der Waals surface area contributed by atoms with Gasteiger partial charge in [0.2, 0.25) is 0 Å². The summed E-state index contributed by atoms with van der Waals surface area (Å²) in [7, 11) is 0. The smallest absolute Gasteiger partial charge is 0.407 e. The molecule has 1 aliphatic rings. The van der Waals surface area contributed by atoms with Crippen molar-refractivity contribution in [1.29, 1.82) is 0 Å². The number of hydrogen-bond acceptors (Lipinski definition) is 2. The molecular formula is C9H20N2O2. The molecule has 1 fully saturated rings. The molecule has 0 aromatic rings. The third kappa shape index (κ3) is 7.59. The number of nitrogens with one attached hydrogen (secondary N) is 1. The first-order chi connectivity index (χ1) is 6.04. The van der Waals surface area contributed by atoms with Crippen molar-refractivity contribution >= 4 is 6.09 Å². The standard InChI is InChI=1S/C5H10N2O2.C4H10/c8-5(9)7-3-1-6-2-4-7;1-4(2)3/h6H,1-4H2,(H,8,9);4H,1-3H3. The van der Waals surface area contributed by atoms with Crippen LogP contribution in [0.4, 0.5) is 4.79 Å². The van der Waals surface area contributed by atoms with Gasteiger partial charge in [-0.25, -0.2) is 4.79 Å². The van der Waals surface area contributed by atoms with E-state index in [1.807, 2.05) is 0 Å². The van der Waals surface area contributed by atoms with Crippen LogP contribution in [0.2, 0.25) is 0 Å². The molecule has 2 N–H and O–H groups in total. The Hall–Kier alpha value is -0.770. The largest absolute Gasteiger partial charge is 0.465 e. The summed E-state index contributed by atoms with van der Waals surface area (Å²) in [6.45, 7) is 9.31. The average molecular weight is 188 g/mol. The van der Waals surface area contributed by atoms with Gasteiger partial charge in [-0.2, -0.15) is 0 Å². The molecule has 0 bridgehead atoms. The number of piperazine rings is 1. The Balaban J connectivity index is 0.000000310. The predicted molar refractivity (Wildman–Crippen MR) is 53.0 cm³/mol. The maximum atomic E-state index is 10.3. The lowest BCUT2D eigenvalue weighted by Gasteiger charge is -2.23. The van der Waals surface area contributed by atoms with Gasteiger partial charge < -0.3 is 15.3 Å². The summed E-state index contributed by atoms with van der Waals surface area (Å²) in [5.74, 6) is 0.833. The Morgan fingerprint density at radius 1 is 1.31 bits per heavy atom. The van der Waals surface area contributed by atoms with E-state index in [4.69, 9.17) is 5.11 Å². The quantitative estimate of drug-likeness (QED) is 0.601. The molecular weight excluding hydrogens is 168 g/mol. The minimum atomic E-state index is -0.809. The van der Waals surface area contributed by atoms with Crippen LogP contribution in [0.15, 0.2) is 0 Å². The Labute approximate surface area is 79.9 Å². The van der Waals surface area contributed by atoms with Gasteiger partial charge in [-0.1, -0.05) is 20.8 Å². The lowest BCUT2D eigenvalue weighted by molar-refractivity contribution is 0.139. The summed E-state index contributed by atoms with van der Waals surface area (Å²) in [5.41, 5.74) is 0. The van der Waals surface area contributed by atoms with Gasteiger partial charge in [0, 0.05) is 26.2 Å². The maximum Gasteiger partial charge on any atom is 0.407 e. The highest BCUT2D eigenvalue weighted by molar-refractivity contribution is 5.65. The van der Waals surface area contributed by atoms with Gasteiger partial charge in [0.1, 0.15) is 0 Å². The summed E-state index contributed by atoms with van der Waals surface area (Å²) >= 11 is 0. The maximum absolute atomic E-state index is 10.3. The van der Waals surface area contributed by atoms with Gasteiger partial charge in [-0.3, -0.25) is 0 Å². The number of rotatable bonds is 0. The van der Waals surface area contributed by atoms with E-state index in [-0.39, 0.29) is 0 Å². The Morgan fingerprint density at radius 3 is 1.92 bits per heavy atom. The molecule has 78 valence electrons. The van der Waals surface area contributed by atoms with Crippen molar-refractivity contribution in [2.75, 3.05) is 26.2 Å². The third-order valence-electron chi connectivity index (χ3n) is 1.39. The van der Waals surface area contributed by atoms with Crippen molar-refractivity contribution < 1.29 is 9.90 Å². The van der Waals surface area contributed by atoms with Gasteiger partial charge in [0.25, 0.3) is 0 Å². The van der Waals surface area contributed by atoms with Crippen LogP contribution in [0, 0.1) is 5.92 Å². The number of hydrogen-bond donors (Lipinski definition) is 2. The molecule has 13 heavy (non-hydrogen) atoms. The summed E-state index contributed by atoms with van der Waals surface area (Å²) in [5, 5.41) is 11.5. The second-order valence-corrected chi connectivity index (χ2v) is 3.75. The van der Waals surface area contributed by atoms with E-state index >= 15 is 0 Å². The van der Waals surface area contributed by atoms with Crippen molar-refractivity contribution in [2.24, 2.45) is 5.92 Å². The van der Waals surface area contributed by atoms with Crippen LogP contribution in [-0.4, -0.2) is 42.3 Å². The lowest BCUT2D eigenvalue weighted by Crippen LogP contribution is -2.45. The molecule has 0 radical (unpaired) electrons. The normalized spacial score (nSPS) is 16.5. The number of carboxylic acid groups (broad SMARTS) is 1. The Morgan fingerprint density at radius 2 is 1.69 bits per heavy atom. The fourth-order valence-corrected chi connectivity index (χ4v) is 0.856. The number of carbonyl (C=O) groups is 1. The molecule has 0 spiro atoms. The van der Waals surface area contributed by atoms with Gasteiger partial charge in [0.15, 0.2) is 0 Å². The minimum absolute atomic E-state index is 0.620. The highest BCUT2D eigenvalue weighted by Gasteiger charge is 2.13. The molecule has 4 heteroatoms. The van der Waals surface area contributed by atoms with Crippen molar-refractivity contribution in [3.63, 3.8) is 0 Å². The Kier molecular flexibility index (Phi) is 6.32. The Bertz CT molecular complexity index is 140. The molecule has 0 aromatic carbocycles. The molecule has 0 aromatic heterocycles. The molecule has 1 heterocycles. The van der Waals surface area contributed by atoms with Gasteiger partial charge in [0.05, 0.1) is 0 Å². The van der Waals surface area contributed by atoms with Gasteiger partial charge in [-0.15, -0.1) is 0 Å². The van der Waals surface area contributed by atoms with E-state index in [0.29, 0.717) is 13.1 Å². The molecule has 0 saturated carbocycles. The average Bonchev–Trinajstić information content (AvgIpc) is 2.05. The molecule has 0 unspecified atom stereocenters. The van der Waals surface area contributed by atoms with Crippen LogP contribution in [0.5, 0.6) is 0 Å². The van der Waals surface area contributed by atoms with E-state index in [2.05, 4.69) is 26.1 Å². The topological polar surface area (TPSA) is 52.6 Å². The van der Waals surface area contributed by atoms with Gasteiger partial charge in [-0.05, 0) is 5.92 Å². The lowest BCUT2D eigenvalue weighted by atomic mass is 10.3. The number of nitrogens with zero attached hydrogens (tertiary/aromatic N) is 1. The monoisotopic (exact) mass is 188 g/mol. The molecule has 0 atom stereocenters.